The normalized spacial score (nSPS) is 11.5. The average molecular weight is 620 g/mol. The molecule has 6 nitrogen and oxygen atoms in total. The van der Waals surface area contributed by atoms with Crippen molar-refractivity contribution in [3.8, 4) is 0 Å². The number of para-hydroxylation sites is 1. The van der Waals surface area contributed by atoms with Gasteiger partial charge in [0.25, 0.3) is 5.91 Å². The van der Waals surface area contributed by atoms with E-state index in [4.69, 9.17) is 46.4 Å². The summed E-state index contributed by atoms with van der Waals surface area (Å²) in [4.78, 5) is 38.8. The smallest absolute Gasteiger partial charge is 0.338 e. The lowest BCUT2D eigenvalue weighted by molar-refractivity contribution is -0.115. The van der Waals surface area contributed by atoms with E-state index in [1.807, 2.05) is 60.7 Å². The molecule has 0 fully saturated rings. The second-order valence-corrected chi connectivity index (χ2v) is 10.7. The first-order valence-electron chi connectivity index (χ1n) is 11.3. The lowest BCUT2D eigenvalue weighted by Crippen LogP contribution is -2.19. The number of carboxylic acids is 1. The van der Waals surface area contributed by atoms with Crippen molar-refractivity contribution in [2.24, 2.45) is 0 Å². The highest BCUT2D eigenvalue weighted by atomic mass is 35.5. The predicted octanol–water partition coefficient (Wildman–Crippen LogP) is 8.72. The van der Waals surface area contributed by atoms with Gasteiger partial charge < -0.3 is 15.7 Å². The highest BCUT2D eigenvalue weighted by Crippen LogP contribution is 2.42. The fourth-order valence-electron chi connectivity index (χ4n) is 3.62. The summed E-state index contributed by atoms with van der Waals surface area (Å²) in [6.45, 7) is 0. The molecule has 1 unspecified atom stereocenters. The van der Waals surface area contributed by atoms with Gasteiger partial charge >= 0.3 is 5.97 Å². The van der Waals surface area contributed by atoms with E-state index in [0.29, 0.717) is 11.4 Å². The van der Waals surface area contributed by atoms with Crippen molar-refractivity contribution in [2.75, 3.05) is 10.6 Å². The van der Waals surface area contributed by atoms with Gasteiger partial charge in [0.15, 0.2) is 0 Å². The summed E-state index contributed by atoms with van der Waals surface area (Å²) in [5.41, 5.74) is 0.883. The average Bonchev–Trinajstić information content (AvgIpc) is 2.94. The fraction of sp³-hybridized carbons (Fsp3) is 0.0357. The van der Waals surface area contributed by atoms with Crippen LogP contribution >= 0.6 is 58.2 Å². The molecule has 0 aliphatic carbocycles. The van der Waals surface area contributed by atoms with E-state index in [1.54, 1.807) is 24.3 Å². The molecule has 0 aliphatic heterocycles. The van der Waals surface area contributed by atoms with Crippen molar-refractivity contribution >= 4 is 87.3 Å². The maximum atomic E-state index is 13.2. The summed E-state index contributed by atoms with van der Waals surface area (Å²) in [6.07, 6.45) is 0. The first-order valence-corrected chi connectivity index (χ1v) is 13.6. The van der Waals surface area contributed by atoms with Gasteiger partial charge in [-0.2, -0.15) is 0 Å². The Bertz CT molecular complexity index is 1540. The van der Waals surface area contributed by atoms with Crippen LogP contribution in [0.3, 0.4) is 0 Å². The van der Waals surface area contributed by atoms with Gasteiger partial charge in [0.1, 0.15) is 5.25 Å². The van der Waals surface area contributed by atoms with Crippen molar-refractivity contribution in [2.45, 2.75) is 10.1 Å². The standard InChI is InChI=1S/C28H18Cl4N2O4S/c29-21-19(20(28(37)38)22(30)24(32)23(21)31)26(35)33-17-11-13-18(14-12-17)39-25(15-7-3-1-4-8-15)27(36)34-16-9-5-2-6-10-16/h1-14,25H,(H,33,35)(H,34,36)(H,37,38). The summed E-state index contributed by atoms with van der Waals surface area (Å²) < 4.78 is 0. The van der Waals surface area contributed by atoms with E-state index in [0.717, 1.165) is 10.5 Å². The molecule has 3 N–H and O–H groups in total. The molecule has 1 atom stereocenters. The molecule has 0 aliphatic rings. The molecule has 4 aromatic carbocycles. The number of carbonyl (C=O) groups is 3. The van der Waals surface area contributed by atoms with Crippen LogP contribution in [0.5, 0.6) is 0 Å². The lowest BCUT2D eigenvalue weighted by atomic mass is 10.1. The first-order chi connectivity index (χ1) is 18.7. The van der Waals surface area contributed by atoms with Crippen molar-refractivity contribution in [1.82, 2.24) is 0 Å². The number of hydrogen-bond acceptors (Lipinski definition) is 4. The number of anilines is 2. The van der Waals surface area contributed by atoms with Gasteiger partial charge in [-0.25, -0.2) is 4.79 Å². The zero-order chi connectivity index (χ0) is 28.1. The van der Waals surface area contributed by atoms with Crippen molar-refractivity contribution in [3.63, 3.8) is 0 Å². The topological polar surface area (TPSA) is 95.5 Å². The third kappa shape index (κ3) is 6.69. The number of aromatic carboxylic acids is 1. The van der Waals surface area contributed by atoms with Crippen LogP contribution in [0.15, 0.2) is 89.8 Å². The van der Waals surface area contributed by atoms with Crippen molar-refractivity contribution in [3.05, 3.63) is 122 Å². The number of carboxylic acid groups (broad SMARTS) is 1. The van der Waals surface area contributed by atoms with E-state index in [1.165, 1.54) is 11.8 Å². The third-order valence-electron chi connectivity index (χ3n) is 5.46. The Morgan fingerprint density at radius 1 is 0.641 bits per heavy atom. The molecule has 0 radical (unpaired) electrons. The van der Waals surface area contributed by atoms with Crippen LogP contribution in [-0.4, -0.2) is 22.9 Å². The zero-order valence-electron chi connectivity index (χ0n) is 19.8. The van der Waals surface area contributed by atoms with Crippen LogP contribution in [0.1, 0.15) is 31.5 Å². The van der Waals surface area contributed by atoms with E-state index in [-0.39, 0.29) is 21.0 Å². The summed E-state index contributed by atoms with van der Waals surface area (Å²) in [6, 6.07) is 25.2. The second-order valence-electron chi connectivity index (χ2n) is 8.05. The van der Waals surface area contributed by atoms with Gasteiger partial charge in [-0.05, 0) is 42.0 Å². The Morgan fingerprint density at radius 3 is 1.72 bits per heavy atom. The monoisotopic (exact) mass is 618 g/mol. The number of hydrogen-bond donors (Lipinski definition) is 3. The number of amides is 2. The Balaban J connectivity index is 1.55. The van der Waals surface area contributed by atoms with Gasteiger partial charge in [-0.15, -0.1) is 11.8 Å². The summed E-state index contributed by atoms with van der Waals surface area (Å²) in [7, 11) is 0. The number of thioether (sulfide) groups is 1. The number of carbonyl (C=O) groups excluding carboxylic acids is 2. The van der Waals surface area contributed by atoms with Crippen LogP contribution in [0, 0.1) is 0 Å². The quantitative estimate of drug-likeness (QED) is 0.104. The van der Waals surface area contributed by atoms with Gasteiger partial charge in [-0.3, -0.25) is 9.59 Å². The van der Waals surface area contributed by atoms with E-state index in [2.05, 4.69) is 10.6 Å². The minimum absolute atomic E-state index is 0.192. The minimum Gasteiger partial charge on any atom is -0.478 e. The highest BCUT2D eigenvalue weighted by Gasteiger charge is 2.29. The predicted molar refractivity (Wildman–Crippen MR) is 158 cm³/mol. The van der Waals surface area contributed by atoms with E-state index in [9.17, 15) is 19.5 Å². The molecule has 0 heterocycles. The molecule has 4 aromatic rings. The molecule has 39 heavy (non-hydrogen) atoms. The van der Waals surface area contributed by atoms with Crippen LogP contribution in [0.4, 0.5) is 11.4 Å². The Labute approximate surface area is 248 Å². The molecule has 0 saturated carbocycles. The lowest BCUT2D eigenvalue weighted by Gasteiger charge is -2.17. The Morgan fingerprint density at radius 2 is 1.15 bits per heavy atom. The van der Waals surface area contributed by atoms with Crippen molar-refractivity contribution < 1.29 is 19.5 Å². The second kappa shape index (κ2) is 12.8. The van der Waals surface area contributed by atoms with Crippen LogP contribution in [-0.2, 0) is 4.79 Å². The number of benzene rings is 4. The molecule has 198 valence electrons. The first kappa shape index (κ1) is 28.8. The molecule has 0 saturated heterocycles. The largest absolute Gasteiger partial charge is 0.478 e. The molecule has 2 amide bonds. The SMILES string of the molecule is O=C(O)c1c(Cl)c(Cl)c(Cl)c(Cl)c1C(=O)Nc1ccc(SC(C(=O)Nc2ccccc2)c2ccccc2)cc1. The summed E-state index contributed by atoms with van der Waals surface area (Å²) in [5.74, 6) is -2.51. The van der Waals surface area contributed by atoms with Gasteiger partial charge in [0, 0.05) is 16.3 Å². The Hall–Kier alpha value is -3.20. The molecular formula is C28H18Cl4N2O4S. The summed E-state index contributed by atoms with van der Waals surface area (Å²) >= 11 is 25.6. The van der Waals surface area contributed by atoms with Gasteiger partial charge in [0.2, 0.25) is 5.91 Å². The molecule has 0 spiro atoms. The number of nitrogens with one attached hydrogen (secondary N) is 2. The maximum absolute atomic E-state index is 13.2. The molecule has 0 bridgehead atoms. The van der Waals surface area contributed by atoms with Crippen molar-refractivity contribution in [1.29, 1.82) is 0 Å². The van der Waals surface area contributed by atoms with Gasteiger partial charge in [0.05, 0.1) is 31.2 Å². The minimum atomic E-state index is -1.49. The van der Waals surface area contributed by atoms with E-state index >= 15 is 0 Å². The molecule has 11 heteroatoms. The zero-order valence-corrected chi connectivity index (χ0v) is 23.6. The molecular weight excluding hydrogens is 602 g/mol. The summed E-state index contributed by atoms with van der Waals surface area (Å²) in [5, 5.41) is 13.4. The van der Waals surface area contributed by atoms with E-state index < -0.39 is 33.3 Å². The molecule has 4 rings (SSSR count). The fourth-order valence-corrected chi connectivity index (χ4v) is 5.67. The number of rotatable bonds is 8. The third-order valence-corrected chi connectivity index (χ3v) is 8.52. The Kier molecular flexibility index (Phi) is 9.43. The van der Waals surface area contributed by atoms with Gasteiger partial charge in [-0.1, -0.05) is 94.9 Å². The van der Waals surface area contributed by atoms with Crippen LogP contribution in [0.2, 0.25) is 20.1 Å². The number of halogens is 4. The van der Waals surface area contributed by atoms with Crippen LogP contribution < -0.4 is 10.6 Å². The van der Waals surface area contributed by atoms with Crippen LogP contribution in [0.25, 0.3) is 0 Å². The maximum Gasteiger partial charge on any atom is 0.338 e. The molecule has 0 aromatic heterocycles. The highest BCUT2D eigenvalue weighted by molar-refractivity contribution is 8.00.